The smallest absolute Gasteiger partial charge is 0.405 e. The summed E-state index contributed by atoms with van der Waals surface area (Å²) in [6, 6.07) is 5.57. The maximum absolute atomic E-state index is 12.3. The van der Waals surface area contributed by atoms with Crippen LogP contribution >= 0.6 is 12.4 Å². The molecular weight excluding hydrogens is 295 g/mol. The minimum Gasteiger partial charge on any atom is -0.405 e. The molecule has 0 aliphatic carbocycles. The van der Waals surface area contributed by atoms with Crippen molar-refractivity contribution < 1.29 is 22.6 Å². The number of rotatable bonds is 3. The quantitative estimate of drug-likeness (QED) is 0.930. The Hall–Kier alpha value is -0.980. The van der Waals surface area contributed by atoms with E-state index in [1.54, 1.807) is 12.1 Å². The highest BCUT2D eigenvalue weighted by Crippen LogP contribution is 2.35. The van der Waals surface area contributed by atoms with E-state index in [0.717, 1.165) is 12.8 Å². The Labute approximate surface area is 121 Å². The van der Waals surface area contributed by atoms with Crippen molar-refractivity contribution in [3.05, 3.63) is 29.8 Å². The van der Waals surface area contributed by atoms with E-state index in [-0.39, 0.29) is 24.1 Å². The van der Waals surface area contributed by atoms with Crippen LogP contribution in [0.4, 0.5) is 13.2 Å². The zero-order valence-electron chi connectivity index (χ0n) is 10.7. The molecule has 0 unspecified atom stereocenters. The molecule has 1 aliphatic rings. The molecule has 0 bridgehead atoms. The highest BCUT2D eigenvalue weighted by Gasteiger charge is 2.33. The second kappa shape index (κ2) is 7.15. The van der Waals surface area contributed by atoms with E-state index in [1.165, 1.54) is 12.1 Å². The molecule has 7 heteroatoms. The highest BCUT2D eigenvalue weighted by atomic mass is 35.5. The van der Waals surface area contributed by atoms with Crippen molar-refractivity contribution in [2.45, 2.75) is 25.2 Å². The first-order chi connectivity index (χ1) is 8.97. The van der Waals surface area contributed by atoms with Crippen LogP contribution < -0.4 is 10.5 Å². The Morgan fingerprint density at radius 3 is 2.40 bits per heavy atom. The zero-order chi connectivity index (χ0) is 13.9. The molecule has 114 valence electrons. The van der Waals surface area contributed by atoms with Gasteiger partial charge < -0.3 is 15.2 Å². The lowest BCUT2D eigenvalue weighted by atomic mass is 9.87. The van der Waals surface area contributed by atoms with E-state index in [1.807, 2.05) is 0 Å². The van der Waals surface area contributed by atoms with E-state index in [0.29, 0.717) is 18.8 Å². The van der Waals surface area contributed by atoms with Crippen LogP contribution in [0.2, 0.25) is 0 Å². The molecule has 1 heterocycles. The van der Waals surface area contributed by atoms with Crippen LogP contribution in [0.15, 0.2) is 24.3 Å². The summed E-state index contributed by atoms with van der Waals surface area (Å²) >= 11 is 0. The van der Waals surface area contributed by atoms with Gasteiger partial charge in [0.05, 0.1) is 0 Å². The fourth-order valence-corrected chi connectivity index (χ4v) is 2.30. The second-order valence-corrected chi connectivity index (χ2v) is 4.56. The van der Waals surface area contributed by atoms with Crippen LogP contribution in [0.25, 0.3) is 0 Å². The minimum atomic E-state index is -4.70. The number of halogens is 4. The van der Waals surface area contributed by atoms with Gasteiger partial charge in [-0.05, 0) is 24.8 Å². The molecule has 1 atom stereocenters. The summed E-state index contributed by atoms with van der Waals surface area (Å²) in [6.07, 6.45) is -3.20. The van der Waals surface area contributed by atoms with Crippen molar-refractivity contribution in [1.82, 2.24) is 0 Å². The summed E-state index contributed by atoms with van der Waals surface area (Å²) in [6.45, 7) is 1.20. The van der Waals surface area contributed by atoms with E-state index < -0.39 is 12.4 Å². The maximum atomic E-state index is 12.3. The molecule has 0 spiro atoms. The topological polar surface area (TPSA) is 44.5 Å². The zero-order valence-corrected chi connectivity index (χ0v) is 11.5. The summed E-state index contributed by atoms with van der Waals surface area (Å²) in [4.78, 5) is 0. The molecule has 20 heavy (non-hydrogen) atoms. The number of alkyl halides is 3. The van der Waals surface area contributed by atoms with E-state index in [4.69, 9.17) is 10.5 Å². The van der Waals surface area contributed by atoms with Crippen molar-refractivity contribution in [3.63, 3.8) is 0 Å². The molecule has 1 aromatic carbocycles. The van der Waals surface area contributed by atoms with Crippen LogP contribution in [-0.4, -0.2) is 19.6 Å². The van der Waals surface area contributed by atoms with Gasteiger partial charge in [-0.3, -0.25) is 0 Å². The maximum Gasteiger partial charge on any atom is 0.573 e. The molecule has 2 rings (SSSR count). The standard InChI is InChI=1S/C13H16F3NO2.ClH/c14-13(15,16)19-11-4-2-1-3-10(11)12(17)9-5-7-18-8-6-9;/h1-4,9,12H,5-8,17H2;1H/t12-;/m0./s1. The van der Waals surface area contributed by atoms with Crippen molar-refractivity contribution in [3.8, 4) is 5.75 Å². The molecule has 0 saturated carbocycles. The molecule has 0 amide bonds. The Morgan fingerprint density at radius 1 is 1.20 bits per heavy atom. The lowest BCUT2D eigenvalue weighted by Gasteiger charge is -2.29. The van der Waals surface area contributed by atoms with Crippen LogP contribution in [0.5, 0.6) is 5.75 Å². The van der Waals surface area contributed by atoms with Crippen molar-refractivity contribution in [2.24, 2.45) is 11.7 Å². The van der Waals surface area contributed by atoms with Gasteiger partial charge in [0.1, 0.15) is 5.75 Å². The van der Waals surface area contributed by atoms with Gasteiger partial charge in [-0.2, -0.15) is 0 Å². The third kappa shape index (κ3) is 4.54. The Morgan fingerprint density at radius 2 is 1.80 bits per heavy atom. The van der Waals surface area contributed by atoms with Gasteiger partial charge in [-0.15, -0.1) is 25.6 Å². The second-order valence-electron chi connectivity index (χ2n) is 4.56. The number of benzene rings is 1. The third-order valence-electron chi connectivity index (χ3n) is 3.28. The van der Waals surface area contributed by atoms with Gasteiger partial charge in [0.2, 0.25) is 0 Å². The summed E-state index contributed by atoms with van der Waals surface area (Å²) in [5.74, 6) is -0.0966. The van der Waals surface area contributed by atoms with Crippen molar-refractivity contribution >= 4 is 12.4 Å². The summed E-state index contributed by atoms with van der Waals surface area (Å²) in [7, 11) is 0. The monoisotopic (exact) mass is 311 g/mol. The minimum absolute atomic E-state index is 0. The predicted molar refractivity (Wildman–Crippen MR) is 70.8 cm³/mol. The Bertz CT molecular complexity index is 422. The predicted octanol–water partition coefficient (Wildman–Crippen LogP) is 3.43. The van der Waals surface area contributed by atoms with Crippen molar-refractivity contribution in [2.75, 3.05) is 13.2 Å². The molecule has 0 radical (unpaired) electrons. The summed E-state index contributed by atoms with van der Waals surface area (Å²) in [5.41, 5.74) is 6.48. The van der Waals surface area contributed by atoms with E-state index in [9.17, 15) is 13.2 Å². The SMILES string of the molecule is Cl.N[C@H](c1ccccc1OC(F)(F)F)C1CCOCC1. The number of ether oxygens (including phenoxy) is 2. The fourth-order valence-electron chi connectivity index (χ4n) is 2.30. The summed E-state index contributed by atoms with van der Waals surface area (Å²) in [5, 5.41) is 0. The van der Waals surface area contributed by atoms with Gasteiger partial charge in [0, 0.05) is 24.8 Å². The van der Waals surface area contributed by atoms with E-state index in [2.05, 4.69) is 4.74 Å². The van der Waals surface area contributed by atoms with Crippen LogP contribution in [0.1, 0.15) is 24.4 Å². The van der Waals surface area contributed by atoms with Crippen LogP contribution in [-0.2, 0) is 4.74 Å². The highest BCUT2D eigenvalue weighted by molar-refractivity contribution is 5.85. The Kier molecular flexibility index (Phi) is 6.10. The molecule has 1 fully saturated rings. The Balaban J connectivity index is 0.00000200. The van der Waals surface area contributed by atoms with Gasteiger partial charge in [0.25, 0.3) is 0 Å². The number of hydrogen-bond acceptors (Lipinski definition) is 3. The first-order valence-corrected chi connectivity index (χ1v) is 6.15. The average molecular weight is 312 g/mol. The normalized spacial score (nSPS) is 18.2. The number of hydrogen-bond donors (Lipinski definition) is 1. The number of nitrogens with two attached hydrogens (primary N) is 1. The first-order valence-electron chi connectivity index (χ1n) is 6.15. The third-order valence-corrected chi connectivity index (χ3v) is 3.28. The first kappa shape index (κ1) is 17.1. The molecule has 1 aromatic rings. The lowest BCUT2D eigenvalue weighted by molar-refractivity contribution is -0.275. The largest absolute Gasteiger partial charge is 0.573 e. The van der Waals surface area contributed by atoms with Crippen LogP contribution in [0.3, 0.4) is 0 Å². The number of para-hydroxylation sites is 1. The van der Waals surface area contributed by atoms with Gasteiger partial charge >= 0.3 is 6.36 Å². The van der Waals surface area contributed by atoms with Crippen LogP contribution in [0, 0.1) is 5.92 Å². The molecule has 3 nitrogen and oxygen atoms in total. The molecule has 0 aromatic heterocycles. The van der Waals surface area contributed by atoms with Gasteiger partial charge in [0.15, 0.2) is 0 Å². The van der Waals surface area contributed by atoms with Gasteiger partial charge in [-0.25, -0.2) is 0 Å². The fraction of sp³-hybridized carbons (Fsp3) is 0.538. The van der Waals surface area contributed by atoms with Gasteiger partial charge in [-0.1, -0.05) is 18.2 Å². The average Bonchev–Trinajstić information content (AvgIpc) is 2.38. The summed E-state index contributed by atoms with van der Waals surface area (Å²) < 4.78 is 46.3. The van der Waals surface area contributed by atoms with Crippen molar-refractivity contribution in [1.29, 1.82) is 0 Å². The molecular formula is C13H17ClF3NO2. The molecule has 2 N–H and O–H groups in total. The lowest BCUT2D eigenvalue weighted by Crippen LogP contribution is -2.28. The molecule has 1 saturated heterocycles. The molecule has 1 aliphatic heterocycles. The van der Waals surface area contributed by atoms with E-state index >= 15 is 0 Å².